The Hall–Kier alpha value is 0.260. The first kappa shape index (κ1) is 13.3. The van der Waals surface area contributed by atoms with Crippen LogP contribution in [0.15, 0.2) is 0 Å². The molecule has 1 fully saturated rings. The molecular formula is C10H21NO2S2. The highest BCUT2D eigenvalue weighted by molar-refractivity contribution is 7.99. The van der Waals surface area contributed by atoms with Gasteiger partial charge in [-0.2, -0.15) is 11.8 Å². The summed E-state index contributed by atoms with van der Waals surface area (Å²) in [6.07, 6.45) is 2.02. The number of rotatable bonds is 7. The molecule has 0 aromatic carbocycles. The van der Waals surface area contributed by atoms with Crippen molar-refractivity contribution in [3.8, 4) is 0 Å². The van der Waals surface area contributed by atoms with E-state index >= 15 is 0 Å². The third kappa shape index (κ3) is 5.78. The fraction of sp³-hybridized carbons (Fsp3) is 1.00. The average Bonchev–Trinajstić information content (AvgIpc) is 2.52. The van der Waals surface area contributed by atoms with E-state index in [0.717, 1.165) is 19.5 Å². The van der Waals surface area contributed by atoms with E-state index in [2.05, 4.69) is 12.2 Å². The first-order chi connectivity index (χ1) is 7.14. The van der Waals surface area contributed by atoms with Crippen LogP contribution in [0.25, 0.3) is 0 Å². The van der Waals surface area contributed by atoms with Crippen LogP contribution in [0.5, 0.6) is 0 Å². The van der Waals surface area contributed by atoms with Crippen molar-refractivity contribution in [2.75, 3.05) is 36.1 Å². The van der Waals surface area contributed by atoms with E-state index in [0.29, 0.717) is 17.4 Å². The van der Waals surface area contributed by atoms with Crippen LogP contribution < -0.4 is 5.32 Å². The van der Waals surface area contributed by atoms with Crippen molar-refractivity contribution in [3.05, 3.63) is 0 Å². The lowest BCUT2D eigenvalue weighted by Crippen LogP contribution is -2.24. The molecule has 0 saturated carbocycles. The summed E-state index contributed by atoms with van der Waals surface area (Å²) in [5, 5.41) is 3.35. The van der Waals surface area contributed by atoms with Crippen molar-refractivity contribution >= 4 is 21.6 Å². The first-order valence-corrected chi connectivity index (χ1v) is 8.60. The van der Waals surface area contributed by atoms with Gasteiger partial charge >= 0.3 is 0 Å². The maximum absolute atomic E-state index is 11.2. The lowest BCUT2D eigenvalue weighted by atomic mass is 10.1. The molecule has 1 rings (SSSR count). The van der Waals surface area contributed by atoms with Gasteiger partial charge in [-0.25, -0.2) is 8.42 Å². The minimum atomic E-state index is -2.69. The van der Waals surface area contributed by atoms with Gasteiger partial charge < -0.3 is 5.32 Å². The van der Waals surface area contributed by atoms with Gasteiger partial charge in [0, 0.05) is 0 Å². The molecule has 0 bridgehead atoms. The minimum Gasteiger partial charge on any atom is -0.316 e. The van der Waals surface area contributed by atoms with Gasteiger partial charge in [-0.05, 0) is 43.4 Å². The molecule has 1 aliphatic rings. The summed E-state index contributed by atoms with van der Waals surface area (Å²) in [5.41, 5.74) is 0. The standard InChI is InChI=1S/C10H21NO2S2/c1-2-14-6-3-5-11-8-10-4-7-15(12,13)9-10/h10-11H,2-9H2,1H3. The van der Waals surface area contributed by atoms with E-state index in [4.69, 9.17) is 0 Å². The fourth-order valence-corrected chi connectivity index (χ4v) is 4.28. The molecule has 3 nitrogen and oxygen atoms in total. The molecule has 5 heteroatoms. The average molecular weight is 251 g/mol. The Morgan fingerprint density at radius 1 is 1.47 bits per heavy atom. The topological polar surface area (TPSA) is 46.2 Å². The summed E-state index contributed by atoms with van der Waals surface area (Å²) < 4.78 is 22.4. The largest absolute Gasteiger partial charge is 0.316 e. The number of sulfone groups is 1. The zero-order valence-corrected chi connectivity index (χ0v) is 11.0. The number of thioether (sulfide) groups is 1. The van der Waals surface area contributed by atoms with Crippen molar-refractivity contribution in [2.45, 2.75) is 19.8 Å². The number of nitrogens with one attached hydrogen (secondary N) is 1. The maximum Gasteiger partial charge on any atom is 0.150 e. The first-order valence-electron chi connectivity index (χ1n) is 5.63. The van der Waals surface area contributed by atoms with Crippen molar-refractivity contribution in [3.63, 3.8) is 0 Å². The summed E-state index contributed by atoms with van der Waals surface area (Å²) in [6, 6.07) is 0. The Bertz CT molecular complexity index is 265. The molecule has 90 valence electrons. The predicted molar refractivity (Wildman–Crippen MR) is 67.2 cm³/mol. The number of hydrogen-bond acceptors (Lipinski definition) is 4. The molecule has 1 atom stereocenters. The summed E-state index contributed by atoms with van der Waals surface area (Å²) >= 11 is 1.95. The third-order valence-electron chi connectivity index (χ3n) is 2.61. The van der Waals surface area contributed by atoms with Gasteiger partial charge in [-0.15, -0.1) is 0 Å². The van der Waals surface area contributed by atoms with E-state index in [9.17, 15) is 8.42 Å². The number of hydrogen-bond donors (Lipinski definition) is 1. The van der Waals surface area contributed by atoms with E-state index in [1.54, 1.807) is 0 Å². The van der Waals surface area contributed by atoms with Crippen LogP contribution in [0.1, 0.15) is 19.8 Å². The Balaban J connectivity index is 1.97. The van der Waals surface area contributed by atoms with E-state index in [-0.39, 0.29) is 0 Å². The van der Waals surface area contributed by atoms with Crippen LogP contribution >= 0.6 is 11.8 Å². The lowest BCUT2D eigenvalue weighted by Gasteiger charge is -2.08. The Labute approximate surface area is 97.3 Å². The molecule has 1 saturated heterocycles. The monoisotopic (exact) mass is 251 g/mol. The van der Waals surface area contributed by atoms with Gasteiger partial charge in [0.05, 0.1) is 11.5 Å². The molecule has 0 spiro atoms. The van der Waals surface area contributed by atoms with Crippen molar-refractivity contribution in [1.29, 1.82) is 0 Å². The minimum absolute atomic E-state index is 0.355. The highest BCUT2D eigenvalue weighted by Crippen LogP contribution is 2.17. The maximum atomic E-state index is 11.2. The quantitative estimate of drug-likeness (QED) is 0.690. The molecule has 0 aliphatic carbocycles. The van der Waals surface area contributed by atoms with Crippen LogP contribution in [-0.4, -0.2) is 44.5 Å². The molecule has 1 aliphatic heterocycles. The smallest absolute Gasteiger partial charge is 0.150 e. The Morgan fingerprint density at radius 3 is 2.87 bits per heavy atom. The highest BCUT2D eigenvalue weighted by atomic mass is 32.2. The summed E-state index contributed by atoms with van der Waals surface area (Å²) in [4.78, 5) is 0. The van der Waals surface area contributed by atoms with E-state index in [1.807, 2.05) is 11.8 Å². The van der Waals surface area contributed by atoms with Crippen LogP contribution in [-0.2, 0) is 9.84 Å². The molecule has 1 heterocycles. The Kier molecular flexibility index (Phi) is 6.00. The second-order valence-corrected chi connectivity index (χ2v) is 7.65. The Morgan fingerprint density at radius 2 is 2.27 bits per heavy atom. The summed E-state index contributed by atoms with van der Waals surface area (Å²) in [5.74, 6) is 3.52. The van der Waals surface area contributed by atoms with Crippen molar-refractivity contribution in [2.24, 2.45) is 5.92 Å². The highest BCUT2D eigenvalue weighted by Gasteiger charge is 2.27. The van der Waals surface area contributed by atoms with E-state index in [1.165, 1.54) is 17.9 Å². The predicted octanol–water partition coefficient (Wildman–Crippen LogP) is 1.15. The van der Waals surface area contributed by atoms with Gasteiger partial charge in [-0.1, -0.05) is 6.92 Å². The molecule has 15 heavy (non-hydrogen) atoms. The molecule has 1 unspecified atom stereocenters. The summed E-state index contributed by atoms with van der Waals surface area (Å²) in [6.45, 7) is 4.06. The van der Waals surface area contributed by atoms with Crippen LogP contribution in [0.3, 0.4) is 0 Å². The molecule has 0 amide bonds. The van der Waals surface area contributed by atoms with Gasteiger partial charge in [0.25, 0.3) is 0 Å². The fourth-order valence-electron chi connectivity index (χ4n) is 1.78. The van der Waals surface area contributed by atoms with Gasteiger partial charge in [0.1, 0.15) is 0 Å². The van der Waals surface area contributed by atoms with Crippen LogP contribution in [0.4, 0.5) is 0 Å². The molecule has 0 radical (unpaired) electrons. The van der Waals surface area contributed by atoms with Crippen LogP contribution in [0.2, 0.25) is 0 Å². The van der Waals surface area contributed by atoms with Crippen molar-refractivity contribution < 1.29 is 8.42 Å². The molecule has 0 aromatic heterocycles. The van der Waals surface area contributed by atoms with Crippen molar-refractivity contribution in [1.82, 2.24) is 5.32 Å². The molecular weight excluding hydrogens is 230 g/mol. The van der Waals surface area contributed by atoms with Gasteiger partial charge in [0.15, 0.2) is 9.84 Å². The normalized spacial score (nSPS) is 24.5. The van der Waals surface area contributed by atoms with Crippen LogP contribution in [0, 0.1) is 5.92 Å². The SMILES string of the molecule is CCSCCCNCC1CCS(=O)(=O)C1. The third-order valence-corrected chi connectivity index (χ3v) is 5.43. The molecule has 0 aromatic rings. The second-order valence-electron chi connectivity index (χ2n) is 4.02. The van der Waals surface area contributed by atoms with Gasteiger partial charge in [-0.3, -0.25) is 0 Å². The second kappa shape index (κ2) is 6.76. The lowest BCUT2D eigenvalue weighted by molar-refractivity contribution is 0.521. The summed E-state index contributed by atoms with van der Waals surface area (Å²) in [7, 11) is -2.69. The molecule has 1 N–H and O–H groups in total. The van der Waals surface area contributed by atoms with E-state index < -0.39 is 9.84 Å². The zero-order chi connectivity index (χ0) is 11.1. The van der Waals surface area contributed by atoms with Gasteiger partial charge in [0.2, 0.25) is 0 Å². The zero-order valence-electron chi connectivity index (χ0n) is 9.37.